The van der Waals surface area contributed by atoms with Crippen molar-refractivity contribution in [2.45, 2.75) is 26.8 Å². The summed E-state index contributed by atoms with van der Waals surface area (Å²) in [4.78, 5) is 11.9. The van der Waals surface area contributed by atoms with Gasteiger partial charge >= 0.3 is 0 Å². The molecule has 1 heterocycles. The fraction of sp³-hybridized carbons (Fsp3) is 0.636. The van der Waals surface area contributed by atoms with Gasteiger partial charge in [-0.2, -0.15) is 5.10 Å². The first-order chi connectivity index (χ1) is 7.45. The van der Waals surface area contributed by atoms with E-state index in [1.807, 2.05) is 13.8 Å². The third kappa shape index (κ3) is 2.82. The second-order valence-electron chi connectivity index (χ2n) is 4.22. The number of rotatable bonds is 4. The predicted molar refractivity (Wildman–Crippen MR) is 61.1 cm³/mol. The van der Waals surface area contributed by atoms with Gasteiger partial charge in [-0.05, 0) is 19.8 Å². The number of nitrogens with one attached hydrogen (secondary N) is 1. The fourth-order valence-corrected chi connectivity index (χ4v) is 1.41. The SMILES string of the molecule is Cc1nn(C)cc1C(=O)NC(C)C(C)CO. The monoisotopic (exact) mass is 225 g/mol. The zero-order valence-electron chi connectivity index (χ0n) is 10.2. The molecule has 1 amide bonds. The Balaban J connectivity index is 2.69. The molecule has 2 N–H and O–H groups in total. The van der Waals surface area contributed by atoms with E-state index in [4.69, 9.17) is 5.11 Å². The summed E-state index contributed by atoms with van der Waals surface area (Å²) in [5.74, 6) is -0.0978. The zero-order valence-corrected chi connectivity index (χ0v) is 10.2. The van der Waals surface area contributed by atoms with Crippen LogP contribution < -0.4 is 5.32 Å². The van der Waals surface area contributed by atoms with Crippen LogP contribution in [0.15, 0.2) is 6.20 Å². The molecule has 16 heavy (non-hydrogen) atoms. The van der Waals surface area contributed by atoms with E-state index in [0.29, 0.717) is 11.3 Å². The largest absolute Gasteiger partial charge is 0.396 e. The van der Waals surface area contributed by atoms with Gasteiger partial charge in [-0.3, -0.25) is 9.48 Å². The molecule has 1 rings (SSSR count). The van der Waals surface area contributed by atoms with Crippen molar-refractivity contribution in [2.24, 2.45) is 13.0 Å². The summed E-state index contributed by atoms with van der Waals surface area (Å²) < 4.78 is 1.62. The van der Waals surface area contributed by atoms with Gasteiger partial charge in [0.15, 0.2) is 0 Å². The molecule has 1 aromatic heterocycles. The Morgan fingerprint density at radius 3 is 2.69 bits per heavy atom. The van der Waals surface area contributed by atoms with Crippen molar-refractivity contribution in [2.75, 3.05) is 6.61 Å². The standard InChI is InChI=1S/C11H19N3O2/c1-7(6-15)8(2)12-11(16)10-5-14(4)13-9(10)3/h5,7-8,15H,6H2,1-4H3,(H,12,16). The molecule has 0 aromatic carbocycles. The molecular weight excluding hydrogens is 206 g/mol. The molecule has 0 saturated carbocycles. The van der Waals surface area contributed by atoms with Gasteiger partial charge in [0.05, 0.1) is 11.3 Å². The minimum absolute atomic E-state index is 0.0425. The summed E-state index contributed by atoms with van der Waals surface area (Å²) in [5.41, 5.74) is 1.29. The van der Waals surface area contributed by atoms with Crippen molar-refractivity contribution in [1.82, 2.24) is 15.1 Å². The van der Waals surface area contributed by atoms with Crippen LogP contribution >= 0.6 is 0 Å². The number of nitrogens with zero attached hydrogens (tertiary/aromatic N) is 2. The van der Waals surface area contributed by atoms with Crippen molar-refractivity contribution in [3.63, 3.8) is 0 Å². The van der Waals surface area contributed by atoms with E-state index in [2.05, 4.69) is 10.4 Å². The lowest BCUT2D eigenvalue weighted by molar-refractivity contribution is 0.0915. The molecule has 2 atom stereocenters. The quantitative estimate of drug-likeness (QED) is 0.783. The van der Waals surface area contributed by atoms with Crippen molar-refractivity contribution in [3.05, 3.63) is 17.5 Å². The van der Waals surface area contributed by atoms with E-state index in [1.165, 1.54) is 0 Å². The van der Waals surface area contributed by atoms with Gasteiger partial charge in [-0.15, -0.1) is 0 Å². The first kappa shape index (κ1) is 12.7. The lowest BCUT2D eigenvalue weighted by Gasteiger charge is -2.18. The van der Waals surface area contributed by atoms with Gasteiger partial charge in [0.1, 0.15) is 0 Å². The first-order valence-corrected chi connectivity index (χ1v) is 5.37. The Bertz CT molecular complexity index is 373. The minimum atomic E-state index is -0.140. The number of aromatic nitrogens is 2. The van der Waals surface area contributed by atoms with Crippen LogP contribution in [0.4, 0.5) is 0 Å². The highest BCUT2D eigenvalue weighted by Gasteiger charge is 2.17. The fourth-order valence-electron chi connectivity index (χ4n) is 1.41. The van der Waals surface area contributed by atoms with Crippen LogP contribution in [0.1, 0.15) is 29.9 Å². The van der Waals surface area contributed by atoms with Crippen molar-refractivity contribution in [3.8, 4) is 0 Å². The topological polar surface area (TPSA) is 67.2 Å². The summed E-state index contributed by atoms with van der Waals surface area (Å²) >= 11 is 0. The number of aliphatic hydroxyl groups excluding tert-OH is 1. The van der Waals surface area contributed by atoms with Crippen molar-refractivity contribution < 1.29 is 9.90 Å². The highest BCUT2D eigenvalue weighted by molar-refractivity contribution is 5.95. The van der Waals surface area contributed by atoms with E-state index < -0.39 is 0 Å². The van der Waals surface area contributed by atoms with Crippen LogP contribution in [-0.4, -0.2) is 33.4 Å². The average Bonchev–Trinajstić information content (AvgIpc) is 2.56. The molecular formula is C11H19N3O2. The zero-order chi connectivity index (χ0) is 12.3. The molecule has 0 spiro atoms. The third-order valence-corrected chi connectivity index (χ3v) is 2.76. The van der Waals surface area contributed by atoms with Gasteiger partial charge in [0, 0.05) is 25.9 Å². The summed E-state index contributed by atoms with van der Waals surface area (Å²) in [6, 6.07) is -0.0582. The van der Waals surface area contributed by atoms with Crippen LogP contribution in [0.5, 0.6) is 0 Å². The molecule has 0 radical (unpaired) electrons. The molecule has 0 aliphatic heterocycles. The highest BCUT2D eigenvalue weighted by Crippen LogP contribution is 2.07. The summed E-state index contributed by atoms with van der Waals surface area (Å²) in [6.45, 7) is 5.63. The van der Waals surface area contributed by atoms with Crippen LogP contribution in [0.25, 0.3) is 0 Å². The van der Waals surface area contributed by atoms with Crippen molar-refractivity contribution in [1.29, 1.82) is 0 Å². The predicted octanol–water partition coefficient (Wildman–Crippen LogP) is 0.475. The molecule has 0 aliphatic rings. The number of carbonyl (C=O) groups excluding carboxylic acids is 1. The smallest absolute Gasteiger partial charge is 0.254 e. The second-order valence-corrected chi connectivity index (χ2v) is 4.22. The third-order valence-electron chi connectivity index (χ3n) is 2.76. The number of carbonyl (C=O) groups is 1. The first-order valence-electron chi connectivity index (χ1n) is 5.37. The maximum absolute atomic E-state index is 11.9. The minimum Gasteiger partial charge on any atom is -0.396 e. The molecule has 1 aromatic rings. The Labute approximate surface area is 95.5 Å². The molecule has 5 nitrogen and oxygen atoms in total. The second kappa shape index (κ2) is 5.12. The van der Waals surface area contributed by atoms with Gasteiger partial charge in [0.25, 0.3) is 5.91 Å². The Kier molecular flexibility index (Phi) is 4.06. The van der Waals surface area contributed by atoms with E-state index in [1.54, 1.807) is 24.9 Å². The number of hydrogen-bond acceptors (Lipinski definition) is 3. The van der Waals surface area contributed by atoms with Gasteiger partial charge in [-0.25, -0.2) is 0 Å². The Hall–Kier alpha value is -1.36. The van der Waals surface area contributed by atoms with E-state index in [9.17, 15) is 4.79 Å². The van der Waals surface area contributed by atoms with Crippen LogP contribution in [-0.2, 0) is 7.05 Å². The normalized spacial score (nSPS) is 14.6. The van der Waals surface area contributed by atoms with Gasteiger partial charge in [0.2, 0.25) is 0 Å². The van der Waals surface area contributed by atoms with E-state index in [0.717, 1.165) is 0 Å². The average molecular weight is 225 g/mol. The van der Waals surface area contributed by atoms with Crippen LogP contribution in [0.3, 0.4) is 0 Å². The van der Waals surface area contributed by atoms with Gasteiger partial charge in [-0.1, -0.05) is 6.92 Å². The van der Waals surface area contributed by atoms with Crippen molar-refractivity contribution >= 4 is 5.91 Å². The van der Waals surface area contributed by atoms with E-state index >= 15 is 0 Å². The molecule has 90 valence electrons. The summed E-state index contributed by atoms with van der Waals surface area (Å²) in [6.07, 6.45) is 1.70. The molecule has 0 saturated heterocycles. The lowest BCUT2D eigenvalue weighted by atomic mass is 10.0. The number of hydrogen-bond donors (Lipinski definition) is 2. The molecule has 0 bridgehead atoms. The molecule has 0 aliphatic carbocycles. The van der Waals surface area contributed by atoms with Gasteiger partial charge < -0.3 is 10.4 Å². The molecule has 2 unspecified atom stereocenters. The van der Waals surface area contributed by atoms with E-state index in [-0.39, 0.29) is 24.5 Å². The van der Waals surface area contributed by atoms with Crippen LogP contribution in [0.2, 0.25) is 0 Å². The lowest BCUT2D eigenvalue weighted by Crippen LogP contribution is -2.38. The number of aryl methyl sites for hydroxylation is 2. The molecule has 5 heteroatoms. The maximum Gasteiger partial charge on any atom is 0.254 e. The highest BCUT2D eigenvalue weighted by atomic mass is 16.3. The summed E-state index contributed by atoms with van der Waals surface area (Å²) in [7, 11) is 1.78. The Morgan fingerprint density at radius 2 is 2.25 bits per heavy atom. The summed E-state index contributed by atoms with van der Waals surface area (Å²) in [5, 5.41) is 15.9. The number of aliphatic hydroxyl groups is 1. The molecule has 0 fully saturated rings. The maximum atomic E-state index is 11.9. The Morgan fingerprint density at radius 1 is 1.62 bits per heavy atom. The number of amides is 1. The van der Waals surface area contributed by atoms with Crippen LogP contribution in [0, 0.1) is 12.8 Å².